The first-order valence-electron chi connectivity index (χ1n) is 8.41. The molecular weight excluding hydrogens is 316 g/mol. The molecule has 2 aromatic rings. The van der Waals surface area contributed by atoms with Gasteiger partial charge in [-0.1, -0.05) is 49.4 Å². The van der Waals surface area contributed by atoms with E-state index in [4.69, 9.17) is 4.74 Å². The number of aliphatic hydroxyl groups excluding tert-OH is 1. The third-order valence-electron chi connectivity index (χ3n) is 4.24. The van der Waals surface area contributed by atoms with Crippen molar-refractivity contribution in [3.63, 3.8) is 0 Å². The molecular formula is C20H26N2O3. The van der Waals surface area contributed by atoms with Crippen LogP contribution < -0.4 is 15.4 Å². The molecule has 0 saturated heterocycles. The number of aliphatic hydroxyl groups is 1. The van der Waals surface area contributed by atoms with Crippen molar-refractivity contribution in [2.75, 3.05) is 20.2 Å². The minimum Gasteiger partial charge on any atom is -0.496 e. The Morgan fingerprint density at radius 1 is 1.04 bits per heavy atom. The molecule has 0 bridgehead atoms. The maximum atomic E-state index is 12.0. The first-order chi connectivity index (χ1) is 12.0. The molecule has 2 rings (SSSR count). The Bertz CT molecular complexity index is 703. The molecule has 0 aromatic heterocycles. The fourth-order valence-electron chi connectivity index (χ4n) is 2.75. The molecule has 0 radical (unpaired) electrons. The predicted octanol–water partition coefficient (Wildman–Crippen LogP) is 3.14. The van der Waals surface area contributed by atoms with Crippen molar-refractivity contribution >= 4 is 6.03 Å². The molecule has 0 heterocycles. The molecule has 5 nitrogen and oxygen atoms in total. The smallest absolute Gasteiger partial charge is 0.314 e. The summed E-state index contributed by atoms with van der Waals surface area (Å²) in [4.78, 5) is 12.0. The van der Waals surface area contributed by atoms with Crippen molar-refractivity contribution in [3.8, 4) is 5.75 Å². The number of ether oxygens (including phenoxy) is 1. The number of nitrogens with one attached hydrogen (secondary N) is 2. The van der Waals surface area contributed by atoms with Gasteiger partial charge in [-0.25, -0.2) is 4.79 Å². The topological polar surface area (TPSA) is 70.6 Å². The number of aryl methyl sites for hydroxylation is 1. The minimum atomic E-state index is -0.724. The molecule has 5 heteroatoms. The Morgan fingerprint density at radius 3 is 2.32 bits per heavy atom. The van der Waals surface area contributed by atoms with Gasteiger partial charge >= 0.3 is 6.03 Å². The van der Waals surface area contributed by atoms with Crippen molar-refractivity contribution in [1.29, 1.82) is 0 Å². The Hall–Kier alpha value is -2.53. The molecule has 2 atom stereocenters. The van der Waals surface area contributed by atoms with Crippen LogP contribution in [0.4, 0.5) is 4.79 Å². The first-order valence-corrected chi connectivity index (χ1v) is 8.41. The van der Waals surface area contributed by atoms with E-state index >= 15 is 0 Å². The molecule has 0 fully saturated rings. The van der Waals surface area contributed by atoms with Gasteiger partial charge in [-0.05, 0) is 29.7 Å². The molecule has 0 saturated carbocycles. The van der Waals surface area contributed by atoms with Crippen molar-refractivity contribution in [2.24, 2.45) is 0 Å². The number of hydrogen-bond acceptors (Lipinski definition) is 3. The van der Waals surface area contributed by atoms with Crippen LogP contribution in [-0.4, -0.2) is 31.3 Å². The fraction of sp³-hybridized carbons (Fsp3) is 0.350. The third-order valence-corrected chi connectivity index (χ3v) is 4.24. The van der Waals surface area contributed by atoms with Crippen LogP contribution in [0.3, 0.4) is 0 Å². The van der Waals surface area contributed by atoms with Crippen LogP contribution in [0.1, 0.15) is 35.6 Å². The van der Waals surface area contributed by atoms with Gasteiger partial charge in [0.05, 0.1) is 13.2 Å². The summed E-state index contributed by atoms with van der Waals surface area (Å²) in [5, 5.41) is 15.8. The van der Waals surface area contributed by atoms with E-state index in [9.17, 15) is 9.90 Å². The van der Waals surface area contributed by atoms with Crippen molar-refractivity contribution in [3.05, 3.63) is 65.2 Å². The molecule has 0 aliphatic carbocycles. The second-order valence-corrected chi connectivity index (χ2v) is 6.11. The lowest BCUT2D eigenvalue weighted by atomic mass is 10.0. The number of carbonyl (C=O) groups excluding carboxylic acids is 1. The van der Waals surface area contributed by atoms with E-state index in [1.165, 1.54) is 0 Å². The zero-order chi connectivity index (χ0) is 18.2. The largest absolute Gasteiger partial charge is 0.496 e. The van der Waals surface area contributed by atoms with Crippen LogP contribution >= 0.6 is 0 Å². The maximum absolute atomic E-state index is 12.0. The highest BCUT2D eigenvalue weighted by atomic mass is 16.5. The number of para-hydroxylation sites is 1. The van der Waals surface area contributed by atoms with Gasteiger partial charge in [-0.15, -0.1) is 0 Å². The quantitative estimate of drug-likeness (QED) is 0.724. The van der Waals surface area contributed by atoms with Crippen LogP contribution in [0.2, 0.25) is 0 Å². The van der Waals surface area contributed by atoms with Gasteiger partial charge in [-0.2, -0.15) is 0 Å². The summed E-state index contributed by atoms with van der Waals surface area (Å²) in [6.07, 6.45) is -0.724. The lowest BCUT2D eigenvalue weighted by Crippen LogP contribution is -2.39. The van der Waals surface area contributed by atoms with E-state index in [1.807, 2.05) is 62.4 Å². The van der Waals surface area contributed by atoms with Crippen molar-refractivity contribution in [1.82, 2.24) is 10.6 Å². The third kappa shape index (κ3) is 5.22. The van der Waals surface area contributed by atoms with E-state index in [1.54, 1.807) is 7.11 Å². The van der Waals surface area contributed by atoms with Gasteiger partial charge in [0.15, 0.2) is 0 Å². The van der Waals surface area contributed by atoms with Gasteiger partial charge < -0.3 is 20.5 Å². The summed E-state index contributed by atoms with van der Waals surface area (Å²) in [6, 6.07) is 15.1. The molecule has 3 N–H and O–H groups in total. The number of urea groups is 1. The number of rotatable bonds is 7. The highest BCUT2D eigenvalue weighted by Crippen LogP contribution is 2.25. The minimum absolute atomic E-state index is 0.114. The molecule has 2 amide bonds. The Morgan fingerprint density at radius 2 is 1.64 bits per heavy atom. The van der Waals surface area contributed by atoms with Gasteiger partial charge in [0.2, 0.25) is 0 Å². The standard InChI is InChI=1S/C20H26N2O3/c1-14-8-4-5-9-16(14)18(23)13-22-20(24)21-12-15(2)17-10-6-7-11-19(17)25-3/h4-11,15,18,23H,12-13H2,1-3H3,(H2,21,22,24). The normalized spacial score (nSPS) is 13.0. The molecule has 25 heavy (non-hydrogen) atoms. The monoisotopic (exact) mass is 342 g/mol. The van der Waals surface area contributed by atoms with E-state index in [2.05, 4.69) is 10.6 Å². The second kappa shape index (κ2) is 9.08. The van der Waals surface area contributed by atoms with E-state index < -0.39 is 6.10 Å². The second-order valence-electron chi connectivity index (χ2n) is 6.11. The maximum Gasteiger partial charge on any atom is 0.314 e. The number of benzene rings is 2. The van der Waals surface area contributed by atoms with E-state index in [-0.39, 0.29) is 18.5 Å². The first kappa shape index (κ1) is 18.8. The summed E-state index contributed by atoms with van der Waals surface area (Å²) < 4.78 is 5.35. The average molecular weight is 342 g/mol. The lowest BCUT2D eigenvalue weighted by Gasteiger charge is -2.18. The zero-order valence-corrected chi connectivity index (χ0v) is 15.0. The van der Waals surface area contributed by atoms with E-state index in [0.717, 1.165) is 22.4 Å². The predicted molar refractivity (Wildman–Crippen MR) is 98.9 cm³/mol. The summed E-state index contributed by atoms with van der Waals surface area (Å²) in [7, 11) is 1.64. The highest BCUT2D eigenvalue weighted by Gasteiger charge is 2.14. The molecule has 0 aliphatic heterocycles. The van der Waals surface area contributed by atoms with Crippen LogP contribution in [0.5, 0.6) is 5.75 Å². The van der Waals surface area contributed by atoms with Crippen LogP contribution in [0.25, 0.3) is 0 Å². The summed E-state index contributed by atoms with van der Waals surface area (Å²) in [6.45, 7) is 4.61. The molecule has 0 spiro atoms. The molecule has 2 aromatic carbocycles. The van der Waals surface area contributed by atoms with Crippen molar-refractivity contribution < 1.29 is 14.6 Å². The molecule has 2 unspecified atom stereocenters. The van der Waals surface area contributed by atoms with Gasteiger partial charge in [0, 0.05) is 19.0 Å². The van der Waals surface area contributed by atoms with Gasteiger partial charge in [-0.3, -0.25) is 0 Å². The summed E-state index contributed by atoms with van der Waals surface area (Å²) >= 11 is 0. The van der Waals surface area contributed by atoms with Crippen LogP contribution in [0.15, 0.2) is 48.5 Å². The molecule has 134 valence electrons. The van der Waals surface area contributed by atoms with E-state index in [0.29, 0.717) is 6.54 Å². The Balaban J connectivity index is 1.81. The van der Waals surface area contributed by atoms with Crippen LogP contribution in [-0.2, 0) is 0 Å². The Kier molecular flexibility index (Phi) is 6.83. The average Bonchev–Trinajstić information content (AvgIpc) is 2.64. The zero-order valence-electron chi connectivity index (χ0n) is 15.0. The highest BCUT2D eigenvalue weighted by molar-refractivity contribution is 5.74. The Labute approximate surface area is 149 Å². The fourth-order valence-corrected chi connectivity index (χ4v) is 2.75. The van der Waals surface area contributed by atoms with Gasteiger partial charge in [0.25, 0.3) is 0 Å². The lowest BCUT2D eigenvalue weighted by molar-refractivity contribution is 0.172. The SMILES string of the molecule is COc1ccccc1C(C)CNC(=O)NCC(O)c1ccccc1C. The van der Waals surface area contributed by atoms with Crippen LogP contribution in [0, 0.1) is 6.92 Å². The van der Waals surface area contributed by atoms with Crippen molar-refractivity contribution in [2.45, 2.75) is 25.9 Å². The van der Waals surface area contributed by atoms with Gasteiger partial charge in [0.1, 0.15) is 5.75 Å². The number of methoxy groups -OCH3 is 1. The number of hydrogen-bond donors (Lipinski definition) is 3. The summed E-state index contributed by atoms with van der Waals surface area (Å²) in [5.74, 6) is 0.926. The number of amides is 2. The number of carbonyl (C=O) groups is 1. The summed E-state index contributed by atoms with van der Waals surface area (Å²) in [5.41, 5.74) is 2.87. The molecule has 0 aliphatic rings.